The lowest BCUT2D eigenvalue weighted by Crippen LogP contribution is -2.50. The summed E-state index contributed by atoms with van der Waals surface area (Å²) in [5.74, 6) is -0.318. The van der Waals surface area contributed by atoms with Crippen molar-refractivity contribution in [1.82, 2.24) is 9.21 Å². The number of carbonyl (C=O) groups excluding carboxylic acids is 1. The summed E-state index contributed by atoms with van der Waals surface area (Å²) < 4.78 is 40.9. The van der Waals surface area contributed by atoms with Crippen molar-refractivity contribution in [3.8, 4) is 0 Å². The fourth-order valence-electron chi connectivity index (χ4n) is 3.02. The molecule has 0 aliphatic carbocycles. The van der Waals surface area contributed by atoms with E-state index >= 15 is 0 Å². The number of amides is 1. The Morgan fingerprint density at radius 1 is 1.33 bits per heavy atom. The molecule has 0 spiro atoms. The number of hydrogen-bond donors (Lipinski definition) is 0. The Kier molecular flexibility index (Phi) is 5.51. The van der Waals surface area contributed by atoms with E-state index < -0.39 is 24.5 Å². The quantitative estimate of drug-likeness (QED) is 0.589. The molecule has 1 saturated heterocycles. The minimum Gasteiger partial charge on any atom is -0.344 e. The van der Waals surface area contributed by atoms with Gasteiger partial charge in [-0.2, -0.15) is 4.31 Å². The van der Waals surface area contributed by atoms with Gasteiger partial charge in [0.05, 0.1) is 4.90 Å². The van der Waals surface area contributed by atoms with Crippen LogP contribution in [0.3, 0.4) is 0 Å². The molecule has 0 unspecified atom stereocenters. The average molecular weight is 373 g/mol. The summed E-state index contributed by atoms with van der Waals surface area (Å²) in [6.07, 6.45) is 1.18. The molecule has 1 aromatic rings. The Hall–Kier alpha value is -1.25. The van der Waals surface area contributed by atoms with E-state index in [9.17, 15) is 17.3 Å². The Morgan fingerprint density at radius 2 is 1.92 bits per heavy atom. The van der Waals surface area contributed by atoms with Gasteiger partial charge in [-0.15, -0.1) is 0 Å². The summed E-state index contributed by atoms with van der Waals surface area (Å²) in [6, 6.07) is 5.86. The first-order valence-corrected chi connectivity index (χ1v) is 12.6. The van der Waals surface area contributed by atoms with Gasteiger partial charge in [0.25, 0.3) is 8.41 Å². The maximum Gasteiger partial charge on any atom is 0.259 e. The number of sulfonamides is 1. The first-order valence-electron chi connectivity index (χ1n) is 8.05. The molecule has 0 aromatic heterocycles. The summed E-state index contributed by atoms with van der Waals surface area (Å²) in [5.41, 5.74) is 0.970. The van der Waals surface area contributed by atoms with Crippen molar-refractivity contribution in [2.45, 2.75) is 43.8 Å². The average Bonchev–Trinajstić information content (AvgIpc) is 2.95. The fourth-order valence-corrected chi connectivity index (χ4v) is 5.95. The van der Waals surface area contributed by atoms with Crippen LogP contribution in [0.15, 0.2) is 29.2 Å². The molecular formula is C16H25FN2O3SSi. The lowest BCUT2D eigenvalue weighted by atomic mass is 10.2. The van der Waals surface area contributed by atoms with E-state index in [-0.39, 0.29) is 17.0 Å². The van der Waals surface area contributed by atoms with Crippen molar-refractivity contribution in [2.24, 2.45) is 0 Å². The predicted molar refractivity (Wildman–Crippen MR) is 94.3 cm³/mol. The van der Waals surface area contributed by atoms with Crippen LogP contribution in [0.5, 0.6) is 0 Å². The van der Waals surface area contributed by atoms with Crippen molar-refractivity contribution in [1.29, 1.82) is 0 Å². The predicted octanol–water partition coefficient (Wildman–Crippen LogP) is 2.32. The number of carbonyl (C=O) groups is 1. The third-order valence-electron chi connectivity index (χ3n) is 4.11. The number of rotatable bonds is 5. The third kappa shape index (κ3) is 4.23. The summed E-state index contributed by atoms with van der Waals surface area (Å²) in [4.78, 5) is 14.2. The number of benzene rings is 1. The van der Waals surface area contributed by atoms with Gasteiger partial charge in [0.1, 0.15) is 6.04 Å². The van der Waals surface area contributed by atoms with Crippen molar-refractivity contribution in [3.63, 3.8) is 0 Å². The zero-order valence-corrected chi connectivity index (χ0v) is 16.4. The second-order valence-electron chi connectivity index (χ2n) is 7.00. The topological polar surface area (TPSA) is 57.7 Å². The van der Waals surface area contributed by atoms with E-state index in [0.717, 1.165) is 5.56 Å². The highest BCUT2D eigenvalue weighted by atomic mass is 32.2. The van der Waals surface area contributed by atoms with Crippen LogP contribution in [0.2, 0.25) is 13.1 Å². The van der Waals surface area contributed by atoms with E-state index in [2.05, 4.69) is 0 Å². The highest BCUT2D eigenvalue weighted by Crippen LogP contribution is 2.27. The lowest BCUT2D eigenvalue weighted by Gasteiger charge is -2.29. The minimum atomic E-state index is -3.72. The molecule has 24 heavy (non-hydrogen) atoms. The Bertz CT molecular complexity index is 701. The molecule has 1 heterocycles. The van der Waals surface area contributed by atoms with Crippen LogP contribution in [0.1, 0.15) is 18.4 Å². The molecule has 1 fully saturated rings. The van der Waals surface area contributed by atoms with Gasteiger partial charge in [-0.3, -0.25) is 4.79 Å². The maximum atomic E-state index is 13.9. The van der Waals surface area contributed by atoms with Crippen LogP contribution in [-0.2, 0) is 14.8 Å². The minimum absolute atomic E-state index is 0.0702. The molecular weight excluding hydrogens is 347 g/mol. The van der Waals surface area contributed by atoms with Gasteiger partial charge >= 0.3 is 0 Å². The van der Waals surface area contributed by atoms with Gasteiger partial charge < -0.3 is 9.01 Å². The lowest BCUT2D eigenvalue weighted by molar-refractivity contribution is -0.132. The van der Waals surface area contributed by atoms with Crippen LogP contribution in [0.25, 0.3) is 0 Å². The largest absolute Gasteiger partial charge is 0.344 e. The van der Waals surface area contributed by atoms with Crippen LogP contribution in [0.4, 0.5) is 4.11 Å². The Balaban J connectivity index is 2.23. The molecule has 134 valence electrons. The molecule has 2 rings (SSSR count). The second-order valence-corrected chi connectivity index (χ2v) is 12.6. The second kappa shape index (κ2) is 6.93. The molecule has 5 nitrogen and oxygen atoms in total. The van der Waals surface area contributed by atoms with E-state index in [1.54, 1.807) is 31.3 Å². The maximum absolute atomic E-state index is 13.9. The molecule has 0 bridgehead atoms. The van der Waals surface area contributed by atoms with Crippen LogP contribution < -0.4 is 0 Å². The third-order valence-corrected chi connectivity index (χ3v) is 7.25. The first kappa shape index (κ1) is 19.1. The molecule has 1 aromatic carbocycles. The van der Waals surface area contributed by atoms with Crippen molar-refractivity contribution in [2.75, 3.05) is 19.8 Å². The summed E-state index contributed by atoms with van der Waals surface area (Å²) >= 11 is 0. The van der Waals surface area contributed by atoms with E-state index in [1.807, 2.05) is 6.92 Å². The highest BCUT2D eigenvalue weighted by molar-refractivity contribution is 7.89. The van der Waals surface area contributed by atoms with E-state index in [4.69, 9.17) is 0 Å². The molecule has 1 amide bonds. The van der Waals surface area contributed by atoms with Gasteiger partial charge in [-0.25, -0.2) is 8.42 Å². The molecule has 1 atom stereocenters. The number of nitrogens with zero attached hydrogens (tertiary/aromatic N) is 2. The van der Waals surface area contributed by atoms with Gasteiger partial charge in [0, 0.05) is 19.8 Å². The van der Waals surface area contributed by atoms with Crippen LogP contribution in [-0.4, -0.2) is 57.7 Å². The number of aryl methyl sites for hydroxylation is 1. The smallest absolute Gasteiger partial charge is 0.259 e. The number of likely N-dealkylation sites (N-methyl/N-ethyl adjacent to an activating group) is 1. The first-order chi connectivity index (χ1) is 11.0. The van der Waals surface area contributed by atoms with Crippen molar-refractivity contribution >= 4 is 24.3 Å². The van der Waals surface area contributed by atoms with Crippen molar-refractivity contribution < 1.29 is 17.3 Å². The van der Waals surface area contributed by atoms with Gasteiger partial charge in [-0.1, -0.05) is 17.7 Å². The zero-order chi connectivity index (χ0) is 18.1. The Morgan fingerprint density at radius 3 is 2.46 bits per heavy atom. The Labute approximate surface area is 144 Å². The molecule has 0 saturated carbocycles. The van der Waals surface area contributed by atoms with Gasteiger partial charge in [0.2, 0.25) is 15.9 Å². The molecule has 1 aliphatic heterocycles. The van der Waals surface area contributed by atoms with Gasteiger partial charge in [0.15, 0.2) is 0 Å². The van der Waals surface area contributed by atoms with Crippen LogP contribution in [0, 0.1) is 6.92 Å². The SMILES string of the molecule is Cc1ccc(S(=O)(=O)N2CCC[C@H]2C(=O)N(C)C[Si](C)(C)F)cc1. The molecule has 8 heteroatoms. The summed E-state index contributed by atoms with van der Waals surface area (Å²) in [7, 11) is -5.11. The number of halogens is 1. The zero-order valence-electron chi connectivity index (χ0n) is 14.6. The van der Waals surface area contributed by atoms with Gasteiger partial charge in [-0.05, 0) is 45.0 Å². The summed E-state index contributed by atoms with van der Waals surface area (Å²) in [5, 5.41) is 0. The standard InChI is InChI=1S/C16H25FN2O3SSi/c1-13-7-9-14(10-8-13)23(21,22)19-11-5-6-15(19)16(20)18(2)12-24(3,4)17/h7-10,15H,5-6,11-12H2,1-4H3/t15-/m0/s1. The molecule has 0 radical (unpaired) electrons. The monoisotopic (exact) mass is 372 g/mol. The fraction of sp³-hybridized carbons (Fsp3) is 0.562. The number of hydrogen-bond acceptors (Lipinski definition) is 3. The normalized spacial score (nSPS) is 19.5. The van der Waals surface area contributed by atoms with E-state index in [0.29, 0.717) is 19.4 Å². The van der Waals surface area contributed by atoms with Crippen LogP contribution >= 0.6 is 0 Å². The molecule has 1 aliphatic rings. The summed E-state index contributed by atoms with van der Waals surface area (Å²) in [6.45, 7) is 5.27. The van der Waals surface area contributed by atoms with E-state index in [1.165, 1.54) is 22.3 Å². The molecule has 0 N–H and O–H groups in total. The van der Waals surface area contributed by atoms with Crippen molar-refractivity contribution in [3.05, 3.63) is 29.8 Å². The highest BCUT2D eigenvalue weighted by Gasteiger charge is 2.41.